The molecule has 0 saturated carbocycles. The first-order valence-electron chi connectivity index (χ1n) is 7.49. The Bertz CT molecular complexity index is 921. The summed E-state index contributed by atoms with van der Waals surface area (Å²) in [5, 5.41) is 21.2. The number of ether oxygens (including phenoxy) is 1. The van der Waals surface area contributed by atoms with Crippen LogP contribution < -0.4 is 9.84 Å². The van der Waals surface area contributed by atoms with E-state index in [9.17, 15) is 29.6 Å². The second kappa shape index (κ2) is 6.63. The van der Waals surface area contributed by atoms with Gasteiger partial charge in [-0.1, -0.05) is 0 Å². The van der Waals surface area contributed by atoms with Gasteiger partial charge in [-0.15, -0.1) is 0 Å². The number of hydrogen-bond acceptors (Lipinski definition) is 7. The number of carboxylic acid groups (broad SMARTS) is 1. The van der Waals surface area contributed by atoms with Crippen molar-refractivity contribution in [3.05, 3.63) is 63.7 Å². The van der Waals surface area contributed by atoms with Crippen molar-refractivity contribution in [1.82, 2.24) is 4.90 Å². The van der Waals surface area contributed by atoms with Gasteiger partial charge in [0.05, 0.1) is 16.1 Å². The number of non-ortho nitro benzene ring substituents is 1. The average molecular weight is 355 g/mol. The molecule has 1 aliphatic rings. The summed E-state index contributed by atoms with van der Waals surface area (Å²) in [5.41, 5.74) is 0.174. The number of carbonyl (C=O) groups is 3. The predicted octanol–water partition coefficient (Wildman–Crippen LogP) is 1.12. The van der Waals surface area contributed by atoms with Gasteiger partial charge in [-0.3, -0.25) is 24.6 Å². The van der Waals surface area contributed by atoms with Gasteiger partial charge in [-0.25, -0.2) is 0 Å². The largest absolute Gasteiger partial charge is 0.550 e. The number of imide groups is 1. The molecule has 9 heteroatoms. The Kier molecular flexibility index (Phi) is 4.36. The SMILES string of the molecule is O=C([O-])CCN1C(=O)c2ccc(Oc3ccc([N+](=O)[O-])cc3)cc2C1=O. The number of benzene rings is 2. The van der Waals surface area contributed by atoms with E-state index < -0.39 is 29.1 Å². The van der Waals surface area contributed by atoms with Gasteiger partial charge in [0, 0.05) is 31.1 Å². The lowest BCUT2D eigenvalue weighted by atomic mass is 10.1. The van der Waals surface area contributed by atoms with Crippen LogP contribution in [-0.2, 0) is 4.79 Å². The molecule has 0 fully saturated rings. The minimum Gasteiger partial charge on any atom is -0.550 e. The number of carbonyl (C=O) groups excluding carboxylic acids is 3. The van der Waals surface area contributed by atoms with E-state index in [2.05, 4.69) is 0 Å². The lowest BCUT2D eigenvalue weighted by Gasteiger charge is -2.13. The number of nitro benzene ring substituents is 1. The van der Waals surface area contributed by atoms with Gasteiger partial charge in [-0.2, -0.15) is 0 Å². The van der Waals surface area contributed by atoms with Crippen LogP contribution in [0.4, 0.5) is 5.69 Å². The number of nitro groups is 1. The number of nitrogens with zero attached hydrogens (tertiary/aromatic N) is 2. The maximum absolute atomic E-state index is 12.3. The molecule has 3 rings (SSSR count). The smallest absolute Gasteiger partial charge is 0.269 e. The fraction of sp³-hybridized carbons (Fsp3) is 0.118. The molecular formula is C17H11N2O7-. The van der Waals surface area contributed by atoms with Crippen molar-refractivity contribution in [2.75, 3.05) is 6.54 Å². The molecule has 0 atom stereocenters. The number of rotatable bonds is 6. The molecule has 2 aromatic carbocycles. The minimum atomic E-state index is -1.36. The van der Waals surface area contributed by atoms with Crippen molar-refractivity contribution in [2.24, 2.45) is 0 Å². The van der Waals surface area contributed by atoms with E-state index in [0.29, 0.717) is 5.75 Å². The molecular weight excluding hydrogens is 344 g/mol. The quantitative estimate of drug-likeness (QED) is 0.431. The second-order valence-electron chi connectivity index (χ2n) is 5.44. The van der Waals surface area contributed by atoms with Gasteiger partial charge < -0.3 is 14.6 Å². The zero-order valence-corrected chi connectivity index (χ0v) is 13.2. The van der Waals surface area contributed by atoms with E-state index in [-0.39, 0.29) is 29.1 Å². The summed E-state index contributed by atoms with van der Waals surface area (Å²) >= 11 is 0. The molecule has 0 aromatic heterocycles. The topological polar surface area (TPSA) is 130 Å². The van der Waals surface area contributed by atoms with E-state index in [4.69, 9.17) is 4.74 Å². The number of fused-ring (bicyclic) bond motifs is 1. The summed E-state index contributed by atoms with van der Waals surface area (Å²) < 4.78 is 5.55. The van der Waals surface area contributed by atoms with E-state index in [1.54, 1.807) is 0 Å². The monoisotopic (exact) mass is 355 g/mol. The number of amides is 2. The Labute approximate surface area is 146 Å². The molecule has 0 unspecified atom stereocenters. The standard InChI is InChI=1S/C17H12N2O7/c20-15(21)7-8-18-16(22)13-6-5-12(9-14(13)17(18)23)26-11-3-1-10(2-4-11)19(24)25/h1-6,9H,7-8H2,(H,20,21)/p-1. The highest BCUT2D eigenvalue weighted by molar-refractivity contribution is 6.21. The van der Waals surface area contributed by atoms with Gasteiger partial charge in [0.1, 0.15) is 11.5 Å². The number of aliphatic carboxylic acids is 1. The summed E-state index contributed by atoms with van der Waals surface area (Å²) in [4.78, 5) is 46.0. The third-order valence-corrected chi connectivity index (χ3v) is 3.76. The lowest BCUT2D eigenvalue weighted by molar-refractivity contribution is -0.384. The van der Waals surface area contributed by atoms with Crippen molar-refractivity contribution in [3.63, 3.8) is 0 Å². The first-order valence-corrected chi connectivity index (χ1v) is 7.49. The molecule has 1 aliphatic heterocycles. The van der Waals surface area contributed by atoms with Crippen molar-refractivity contribution in [1.29, 1.82) is 0 Å². The summed E-state index contributed by atoms with van der Waals surface area (Å²) in [6.07, 6.45) is -0.447. The number of hydrogen-bond donors (Lipinski definition) is 0. The Hall–Kier alpha value is -3.75. The van der Waals surface area contributed by atoms with Gasteiger partial charge in [0.25, 0.3) is 17.5 Å². The van der Waals surface area contributed by atoms with Crippen molar-refractivity contribution < 1.29 is 29.2 Å². The highest BCUT2D eigenvalue weighted by Crippen LogP contribution is 2.30. The molecule has 2 aromatic rings. The maximum Gasteiger partial charge on any atom is 0.269 e. The summed E-state index contributed by atoms with van der Waals surface area (Å²) in [7, 11) is 0. The highest BCUT2D eigenvalue weighted by Gasteiger charge is 2.35. The Balaban J connectivity index is 1.80. The van der Waals surface area contributed by atoms with Gasteiger partial charge in [-0.05, 0) is 30.3 Å². The van der Waals surface area contributed by atoms with E-state index in [1.165, 1.54) is 42.5 Å². The molecule has 26 heavy (non-hydrogen) atoms. The fourth-order valence-corrected chi connectivity index (χ4v) is 2.51. The molecule has 2 amide bonds. The summed E-state index contributed by atoms with van der Waals surface area (Å²) in [5.74, 6) is -1.96. The van der Waals surface area contributed by atoms with Crippen molar-refractivity contribution in [3.8, 4) is 11.5 Å². The second-order valence-corrected chi connectivity index (χ2v) is 5.44. The zero-order valence-electron chi connectivity index (χ0n) is 13.2. The first kappa shape index (κ1) is 17.1. The van der Waals surface area contributed by atoms with Crippen LogP contribution in [0, 0.1) is 10.1 Å². The van der Waals surface area contributed by atoms with Crippen LogP contribution >= 0.6 is 0 Å². The van der Waals surface area contributed by atoms with Gasteiger partial charge >= 0.3 is 0 Å². The minimum absolute atomic E-state index is 0.0874. The molecule has 132 valence electrons. The first-order chi connectivity index (χ1) is 12.4. The third kappa shape index (κ3) is 3.22. The highest BCUT2D eigenvalue weighted by atomic mass is 16.6. The van der Waals surface area contributed by atoms with Crippen LogP contribution in [0.1, 0.15) is 27.1 Å². The Morgan fingerprint density at radius 3 is 2.23 bits per heavy atom. The molecule has 0 aliphatic carbocycles. The van der Waals surface area contributed by atoms with Crippen LogP contribution in [0.25, 0.3) is 0 Å². The number of carboxylic acids is 1. The normalized spacial score (nSPS) is 12.8. The summed E-state index contributed by atoms with van der Waals surface area (Å²) in [6, 6.07) is 9.63. The van der Waals surface area contributed by atoms with Crippen LogP contribution in [0.15, 0.2) is 42.5 Å². The van der Waals surface area contributed by atoms with Gasteiger partial charge in [0.15, 0.2) is 0 Å². The molecule has 0 N–H and O–H groups in total. The van der Waals surface area contributed by atoms with E-state index >= 15 is 0 Å². The molecule has 1 heterocycles. The van der Waals surface area contributed by atoms with Crippen LogP contribution in [0.5, 0.6) is 11.5 Å². The zero-order chi connectivity index (χ0) is 18.8. The molecule has 0 bridgehead atoms. The van der Waals surface area contributed by atoms with Crippen molar-refractivity contribution >= 4 is 23.5 Å². The van der Waals surface area contributed by atoms with Crippen molar-refractivity contribution in [2.45, 2.75) is 6.42 Å². The Morgan fingerprint density at radius 1 is 1.00 bits per heavy atom. The van der Waals surface area contributed by atoms with Crippen LogP contribution in [0.2, 0.25) is 0 Å². The van der Waals surface area contributed by atoms with E-state index in [0.717, 1.165) is 4.90 Å². The maximum atomic E-state index is 12.3. The van der Waals surface area contributed by atoms with Gasteiger partial charge in [0.2, 0.25) is 0 Å². The Morgan fingerprint density at radius 2 is 1.62 bits per heavy atom. The van der Waals surface area contributed by atoms with Crippen LogP contribution in [0.3, 0.4) is 0 Å². The molecule has 0 radical (unpaired) electrons. The molecule has 0 spiro atoms. The predicted molar refractivity (Wildman–Crippen MR) is 84.6 cm³/mol. The molecule has 9 nitrogen and oxygen atoms in total. The average Bonchev–Trinajstić information content (AvgIpc) is 2.84. The third-order valence-electron chi connectivity index (χ3n) is 3.76. The fourth-order valence-electron chi connectivity index (χ4n) is 2.51. The lowest BCUT2D eigenvalue weighted by Crippen LogP contribution is -2.34. The van der Waals surface area contributed by atoms with Crippen LogP contribution in [-0.4, -0.2) is 34.2 Å². The van der Waals surface area contributed by atoms with E-state index in [1.807, 2.05) is 0 Å². The summed E-state index contributed by atoms with van der Waals surface area (Å²) in [6.45, 7) is -0.271. The molecule has 0 saturated heterocycles.